The number of benzene rings is 5. The molecule has 13 nitrogen and oxygen atoms in total. The standard InChI is InChI=1S/C49H51N5O8Si/c1-32-47(63(3,4)39-20-18-38(61-2)19-21-39)44(28-46(57)52(23-24-55)30-33-11-6-5-7-12-33)62-49(32)41-27-37(54(59)60)17-22-43(41)53(48(49)58)31-34-13-10-14-36(25-34)51-45(56)26-35-29-50-42-16-9-8-15-40(35)42/h5-22,25,27,29,32,44,47,50,55H,23-24,26,28,30-31H2,1-4H3,(H,51,56)/t32-,44+,47-,49+/m0/s1. The minimum absolute atomic E-state index is 0.0754. The van der Waals surface area contributed by atoms with Crippen LogP contribution < -0.4 is 20.1 Å². The van der Waals surface area contributed by atoms with Crippen LogP contribution in [0.4, 0.5) is 17.1 Å². The Balaban J connectivity index is 1.14. The van der Waals surface area contributed by atoms with E-state index in [1.807, 2.05) is 110 Å². The lowest BCUT2D eigenvalue weighted by Gasteiger charge is -2.37. The van der Waals surface area contributed by atoms with Gasteiger partial charge in [-0.25, -0.2) is 0 Å². The molecule has 1 fully saturated rings. The zero-order valence-electron chi connectivity index (χ0n) is 35.7. The average molecular weight is 866 g/mol. The SMILES string of the molecule is COc1ccc([Si](C)(C)[C@@H]2[C@@H](CC(=O)N(CCO)Cc3ccccc3)O[C@]3(C(=O)N(Cc4cccc(NC(=O)Cc5c[nH]c6ccccc56)c4)c4ccc([N+](=O)[O-])cc43)[C@H]2C)cc1. The number of nitrogens with zero attached hydrogens (tertiary/aromatic N) is 3. The number of carbonyl (C=O) groups excluding carboxylic acids is 3. The third-order valence-corrected chi connectivity index (χ3v) is 17.3. The Bertz CT molecular complexity index is 2670. The predicted molar refractivity (Wildman–Crippen MR) is 244 cm³/mol. The maximum Gasteiger partial charge on any atom is 0.269 e. The quantitative estimate of drug-likeness (QED) is 0.0544. The van der Waals surface area contributed by atoms with Gasteiger partial charge in [-0.05, 0) is 58.6 Å². The molecule has 324 valence electrons. The summed E-state index contributed by atoms with van der Waals surface area (Å²) in [5, 5.41) is 27.5. The summed E-state index contributed by atoms with van der Waals surface area (Å²) in [4.78, 5) is 61.5. The summed E-state index contributed by atoms with van der Waals surface area (Å²) in [6.45, 7) is 6.61. The van der Waals surface area contributed by atoms with Gasteiger partial charge < -0.3 is 34.7 Å². The van der Waals surface area contributed by atoms with Crippen LogP contribution in [-0.4, -0.2) is 72.1 Å². The lowest BCUT2D eigenvalue weighted by Crippen LogP contribution is -2.52. The Hall–Kier alpha value is -6.61. The van der Waals surface area contributed by atoms with Crippen molar-refractivity contribution in [1.82, 2.24) is 9.88 Å². The number of aromatic nitrogens is 1. The highest BCUT2D eigenvalue weighted by Crippen LogP contribution is 2.60. The van der Waals surface area contributed by atoms with E-state index < -0.39 is 30.6 Å². The van der Waals surface area contributed by atoms with Gasteiger partial charge in [0.15, 0.2) is 5.60 Å². The fourth-order valence-corrected chi connectivity index (χ4v) is 13.9. The summed E-state index contributed by atoms with van der Waals surface area (Å²) < 4.78 is 12.6. The van der Waals surface area contributed by atoms with E-state index in [4.69, 9.17) is 9.47 Å². The van der Waals surface area contributed by atoms with Gasteiger partial charge in [-0.2, -0.15) is 0 Å². The first-order valence-electron chi connectivity index (χ1n) is 21.1. The van der Waals surface area contributed by atoms with Crippen LogP contribution in [0, 0.1) is 16.0 Å². The third-order valence-electron chi connectivity index (χ3n) is 12.9. The van der Waals surface area contributed by atoms with E-state index in [0.717, 1.165) is 32.8 Å². The Kier molecular flexibility index (Phi) is 12.1. The van der Waals surface area contributed by atoms with Gasteiger partial charge in [0.2, 0.25) is 11.8 Å². The molecule has 6 aromatic rings. The number of amides is 3. The number of ether oxygens (including phenoxy) is 2. The van der Waals surface area contributed by atoms with Crippen molar-refractivity contribution >= 4 is 58.9 Å². The molecule has 0 saturated carbocycles. The predicted octanol–water partition coefficient (Wildman–Crippen LogP) is 7.44. The molecule has 14 heteroatoms. The highest BCUT2D eigenvalue weighted by atomic mass is 28.3. The second-order valence-corrected chi connectivity index (χ2v) is 21.7. The number of nitrogens with one attached hydrogen (secondary N) is 2. The number of nitro groups is 1. The van der Waals surface area contributed by atoms with Crippen molar-refractivity contribution in [2.45, 2.75) is 63.2 Å². The highest BCUT2D eigenvalue weighted by molar-refractivity contribution is 6.91. The molecule has 2 aliphatic heterocycles. The average Bonchev–Trinajstić information content (AvgIpc) is 3.90. The number of non-ortho nitro benzene ring substituents is 1. The van der Waals surface area contributed by atoms with Crippen LogP contribution in [-0.2, 0) is 44.2 Å². The monoisotopic (exact) mass is 865 g/mol. The lowest BCUT2D eigenvalue weighted by atomic mass is 9.82. The molecule has 0 unspecified atom stereocenters. The maximum atomic E-state index is 15.5. The van der Waals surface area contributed by atoms with E-state index >= 15 is 4.79 Å². The summed E-state index contributed by atoms with van der Waals surface area (Å²) in [6, 6.07) is 36.9. The van der Waals surface area contributed by atoms with Crippen molar-refractivity contribution in [2.24, 2.45) is 5.92 Å². The lowest BCUT2D eigenvalue weighted by molar-refractivity contribution is -0.385. The van der Waals surface area contributed by atoms with Gasteiger partial charge in [0.25, 0.3) is 11.6 Å². The summed E-state index contributed by atoms with van der Waals surface area (Å²) >= 11 is 0. The number of H-pyrrole nitrogens is 1. The largest absolute Gasteiger partial charge is 0.497 e. The zero-order valence-corrected chi connectivity index (χ0v) is 36.7. The van der Waals surface area contributed by atoms with Gasteiger partial charge >= 0.3 is 0 Å². The second-order valence-electron chi connectivity index (χ2n) is 17.0. The fourth-order valence-electron chi connectivity index (χ4n) is 9.88. The van der Waals surface area contributed by atoms with Crippen molar-refractivity contribution < 1.29 is 33.9 Å². The Labute approximate surface area is 366 Å². The molecule has 8 rings (SSSR count). The van der Waals surface area contributed by atoms with Gasteiger partial charge in [-0.15, -0.1) is 0 Å². The maximum absolute atomic E-state index is 15.5. The van der Waals surface area contributed by atoms with Crippen molar-refractivity contribution in [3.8, 4) is 5.75 Å². The molecule has 1 saturated heterocycles. The first-order chi connectivity index (χ1) is 30.3. The first kappa shape index (κ1) is 43.1. The van der Waals surface area contributed by atoms with E-state index in [1.165, 1.54) is 12.1 Å². The van der Waals surface area contributed by atoms with Crippen LogP contribution >= 0.6 is 0 Å². The van der Waals surface area contributed by atoms with E-state index in [1.54, 1.807) is 29.0 Å². The normalized spacial score (nSPS) is 19.3. The van der Waals surface area contributed by atoms with Crippen LogP contribution in [0.3, 0.4) is 0 Å². The number of hydrogen-bond acceptors (Lipinski definition) is 8. The Morgan fingerprint density at radius 3 is 2.43 bits per heavy atom. The van der Waals surface area contributed by atoms with Crippen LogP contribution in [0.15, 0.2) is 128 Å². The number of rotatable bonds is 15. The van der Waals surface area contributed by atoms with Gasteiger partial charge in [-0.1, -0.05) is 98.0 Å². The molecule has 4 atom stereocenters. The molecule has 3 amide bonds. The van der Waals surface area contributed by atoms with E-state index in [9.17, 15) is 24.8 Å². The zero-order chi connectivity index (χ0) is 44.5. The summed E-state index contributed by atoms with van der Waals surface area (Å²) in [7, 11) is -1.08. The molecule has 2 aliphatic rings. The Morgan fingerprint density at radius 2 is 1.70 bits per heavy atom. The van der Waals surface area contributed by atoms with Crippen LogP contribution in [0.1, 0.15) is 35.6 Å². The number of anilines is 2. The van der Waals surface area contributed by atoms with E-state index in [-0.39, 0.29) is 68.0 Å². The van der Waals surface area contributed by atoms with Gasteiger partial charge in [-0.3, -0.25) is 24.5 Å². The smallest absolute Gasteiger partial charge is 0.269 e. The topological polar surface area (TPSA) is 167 Å². The van der Waals surface area contributed by atoms with Crippen LogP contribution in [0.25, 0.3) is 10.9 Å². The number of aliphatic hydroxyl groups is 1. The van der Waals surface area contributed by atoms with Crippen molar-refractivity contribution in [3.05, 3.63) is 160 Å². The minimum atomic E-state index is -2.69. The molecule has 3 N–H and O–H groups in total. The second kappa shape index (κ2) is 17.6. The van der Waals surface area contributed by atoms with E-state index in [0.29, 0.717) is 22.7 Å². The number of methoxy groups -OCH3 is 1. The van der Waals surface area contributed by atoms with Gasteiger partial charge in [0, 0.05) is 59.5 Å². The molecule has 63 heavy (non-hydrogen) atoms. The van der Waals surface area contributed by atoms with Crippen molar-refractivity contribution in [2.75, 3.05) is 30.5 Å². The molecule has 0 bridgehead atoms. The molecule has 3 heterocycles. The molecule has 1 aromatic heterocycles. The number of fused-ring (bicyclic) bond motifs is 3. The molecular formula is C49H51N5O8Si. The van der Waals surface area contributed by atoms with Gasteiger partial charge in [0.05, 0.1) is 57.9 Å². The highest BCUT2D eigenvalue weighted by Gasteiger charge is 2.66. The molecule has 1 spiro atoms. The minimum Gasteiger partial charge on any atom is -0.497 e. The summed E-state index contributed by atoms with van der Waals surface area (Å²) in [5.74, 6) is -0.653. The molecule has 0 aliphatic carbocycles. The third kappa shape index (κ3) is 8.24. The molecule has 5 aromatic carbocycles. The number of aromatic amines is 1. The van der Waals surface area contributed by atoms with Crippen molar-refractivity contribution in [3.63, 3.8) is 0 Å². The van der Waals surface area contributed by atoms with Gasteiger partial charge in [0.1, 0.15) is 5.75 Å². The summed E-state index contributed by atoms with van der Waals surface area (Å²) in [5.41, 5.74) is 2.69. The number of hydrogen-bond donors (Lipinski definition) is 3. The first-order valence-corrected chi connectivity index (χ1v) is 24.2. The number of nitro benzene ring substituents is 1. The van der Waals surface area contributed by atoms with E-state index in [2.05, 4.69) is 23.4 Å². The number of para-hydroxylation sites is 1. The molecular weight excluding hydrogens is 815 g/mol. The van der Waals surface area contributed by atoms with Crippen molar-refractivity contribution in [1.29, 1.82) is 0 Å². The van der Waals surface area contributed by atoms with Crippen LogP contribution in [0.2, 0.25) is 18.6 Å². The summed E-state index contributed by atoms with van der Waals surface area (Å²) in [6.07, 6.45) is 1.16. The number of aliphatic hydroxyl groups excluding tert-OH is 1. The van der Waals surface area contributed by atoms with Crippen LogP contribution in [0.5, 0.6) is 5.75 Å². The fraction of sp³-hybridized carbons (Fsp3) is 0.286. The number of carbonyl (C=O) groups is 3. The Morgan fingerprint density at radius 1 is 0.968 bits per heavy atom. The molecule has 0 radical (unpaired) electrons.